The Morgan fingerprint density at radius 3 is 2.89 bits per heavy atom. The Morgan fingerprint density at radius 2 is 2.22 bits per heavy atom. The van der Waals surface area contributed by atoms with Crippen LogP contribution in [0.25, 0.3) is 16.1 Å². The SMILES string of the molecule is [N-]=[N+]=Nc1ccc(-n2ccc(CN=O)c2)c(F)c1. The molecule has 0 unspecified atom stereocenters. The number of hydrogen-bond donors (Lipinski definition) is 0. The van der Waals surface area contributed by atoms with Gasteiger partial charge in [0.05, 0.1) is 5.69 Å². The summed E-state index contributed by atoms with van der Waals surface area (Å²) in [6.45, 7) is 0.0471. The van der Waals surface area contributed by atoms with Crippen molar-refractivity contribution in [2.45, 2.75) is 6.54 Å². The van der Waals surface area contributed by atoms with Gasteiger partial charge in [0.15, 0.2) is 0 Å². The molecule has 2 aromatic rings. The second kappa shape index (κ2) is 5.11. The van der Waals surface area contributed by atoms with E-state index in [0.29, 0.717) is 11.3 Å². The largest absolute Gasteiger partial charge is 0.321 e. The lowest BCUT2D eigenvalue weighted by molar-refractivity contribution is 0.618. The standard InChI is InChI=1S/C11H8FN5O/c12-10-5-9(15-16-13)1-2-11(10)17-4-3-8(7-17)6-14-18/h1-5,7H,6H2. The highest BCUT2D eigenvalue weighted by Gasteiger charge is 2.06. The molecule has 18 heavy (non-hydrogen) atoms. The van der Waals surface area contributed by atoms with Gasteiger partial charge >= 0.3 is 0 Å². The summed E-state index contributed by atoms with van der Waals surface area (Å²) in [6, 6.07) is 5.84. The van der Waals surface area contributed by atoms with Crippen molar-refractivity contribution in [1.82, 2.24) is 4.57 Å². The van der Waals surface area contributed by atoms with E-state index < -0.39 is 5.82 Å². The zero-order valence-corrected chi connectivity index (χ0v) is 9.19. The molecule has 0 amide bonds. The Hall–Kier alpha value is -2.66. The number of halogens is 1. The van der Waals surface area contributed by atoms with Crippen LogP contribution in [-0.2, 0) is 6.54 Å². The minimum Gasteiger partial charge on any atom is -0.321 e. The van der Waals surface area contributed by atoms with Crippen molar-refractivity contribution in [2.24, 2.45) is 10.3 Å². The quantitative estimate of drug-likeness (QED) is 0.348. The maximum atomic E-state index is 13.8. The predicted octanol–water partition coefficient (Wildman–Crippen LogP) is 3.82. The molecule has 0 aliphatic carbocycles. The van der Waals surface area contributed by atoms with Gasteiger partial charge in [-0.3, -0.25) is 0 Å². The number of hydrogen-bond acceptors (Lipinski definition) is 3. The smallest absolute Gasteiger partial charge is 0.147 e. The molecular weight excluding hydrogens is 237 g/mol. The second-order valence-electron chi connectivity index (χ2n) is 3.54. The normalized spacial score (nSPS) is 9.83. The van der Waals surface area contributed by atoms with Crippen molar-refractivity contribution in [3.63, 3.8) is 0 Å². The average Bonchev–Trinajstić information content (AvgIpc) is 2.78. The third-order valence-electron chi connectivity index (χ3n) is 2.37. The molecule has 0 aliphatic rings. The Kier molecular flexibility index (Phi) is 3.36. The van der Waals surface area contributed by atoms with Crippen LogP contribution in [0.5, 0.6) is 0 Å². The maximum absolute atomic E-state index is 13.8. The number of nitrogens with zero attached hydrogens (tertiary/aromatic N) is 5. The summed E-state index contributed by atoms with van der Waals surface area (Å²) in [4.78, 5) is 12.7. The first-order valence-electron chi connectivity index (χ1n) is 5.05. The molecule has 1 heterocycles. The molecule has 90 valence electrons. The van der Waals surface area contributed by atoms with Crippen LogP contribution in [0.15, 0.2) is 47.0 Å². The Balaban J connectivity index is 2.37. The number of nitroso groups, excluding NO2 is 1. The Labute approximate surface area is 101 Å². The first-order valence-corrected chi connectivity index (χ1v) is 5.05. The van der Waals surface area contributed by atoms with Crippen molar-refractivity contribution >= 4 is 5.69 Å². The molecule has 0 atom stereocenters. The van der Waals surface area contributed by atoms with Crippen LogP contribution in [-0.4, -0.2) is 4.57 Å². The Bertz CT molecular complexity index is 630. The highest BCUT2D eigenvalue weighted by Crippen LogP contribution is 2.21. The van der Waals surface area contributed by atoms with E-state index >= 15 is 0 Å². The Morgan fingerprint density at radius 1 is 1.39 bits per heavy atom. The molecule has 0 saturated carbocycles. The topological polar surface area (TPSA) is 83.1 Å². The third kappa shape index (κ3) is 2.36. The monoisotopic (exact) mass is 245 g/mol. The lowest BCUT2D eigenvalue weighted by atomic mass is 10.2. The fourth-order valence-corrected chi connectivity index (χ4v) is 1.58. The molecule has 0 N–H and O–H groups in total. The van der Waals surface area contributed by atoms with Crippen molar-refractivity contribution in [3.05, 3.63) is 63.4 Å². The van der Waals surface area contributed by atoms with Crippen molar-refractivity contribution in [2.75, 3.05) is 0 Å². The zero-order chi connectivity index (χ0) is 13.0. The van der Waals surface area contributed by atoms with E-state index in [1.54, 1.807) is 18.5 Å². The lowest BCUT2D eigenvalue weighted by Gasteiger charge is -2.04. The van der Waals surface area contributed by atoms with Crippen molar-refractivity contribution in [1.29, 1.82) is 0 Å². The molecule has 0 radical (unpaired) electrons. The highest BCUT2D eigenvalue weighted by atomic mass is 19.1. The van der Waals surface area contributed by atoms with Gasteiger partial charge in [-0.25, -0.2) is 4.39 Å². The van der Waals surface area contributed by atoms with E-state index in [2.05, 4.69) is 15.2 Å². The van der Waals surface area contributed by atoms with E-state index in [0.717, 1.165) is 6.07 Å². The van der Waals surface area contributed by atoms with Crippen LogP contribution in [0, 0.1) is 10.7 Å². The van der Waals surface area contributed by atoms with Gasteiger partial charge in [-0.05, 0) is 29.3 Å². The van der Waals surface area contributed by atoms with E-state index in [1.165, 1.54) is 16.7 Å². The number of rotatable bonds is 4. The molecular formula is C11H8FN5O. The minimum absolute atomic E-state index is 0.0471. The molecule has 2 rings (SSSR count). The summed E-state index contributed by atoms with van der Waals surface area (Å²) in [6.07, 6.45) is 3.25. The molecule has 0 spiro atoms. The second-order valence-corrected chi connectivity index (χ2v) is 3.54. The fraction of sp³-hybridized carbons (Fsp3) is 0.0909. The number of benzene rings is 1. The van der Waals surface area contributed by atoms with Crippen LogP contribution in [0.4, 0.5) is 10.1 Å². The summed E-state index contributed by atoms with van der Waals surface area (Å²) in [5.41, 5.74) is 9.47. The maximum Gasteiger partial charge on any atom is 0.147 e. The summed E-state index contributed by atoms with van der Waals surface area (Å²) in [5.74, 6) is -0.513. The van der Waals surface area contributed by atoms with Crippen LogP contribution < -0.4 is 0 Å². The first kappa shape index (κ1) is 11.8. The van der Waals surface area contributed by atoms with Crippen LogP contribution in [0.2, 0.25) is 0 Å². The van der Waals surface area contributed by atoms with Gasteiger partial charge in [0, 0.05) is 23.0 Å². The lowest BCUT2D eigenvalue weighted by Crippen LogP contribution is -1.93. The van der Waals surface area contributed by atoms with Gasteiger partial charge < -0.3 is 4.57 Å². The van der Waals surface area contributed by atoms with Crippen molar-refractivity contribution < 1.29 is 4.39 Å². The van der Waals surface area contributed by atoms with Gasteiger partial charge in [-0.1, -0.05) is 16.4 Å². The van der Waals surface area contributed by atoms with Gasteiger partial charge in [0.25, 0.3) is 0 Å². The molecule has 0 bridgehead atoms. The molecule has 0 aliphatic heterocycles. The molecule has 6 nitrogen and oxygen atoms in total. The summed E-state index contributed by atoms with van der Waals surface area (Å²) < 4.78 is 15.3. The van der Waals surface area contributed by atoms with Gasteiger partial charge in [0.2, 0.25) is 0 Å². The van der Waals surface area contributed by atoms with Gasteiger partial charge in [0.1, 0.15) is 12.4 Å². The average molecular weight is 245 g/mol. The molecule has 0 fully saturated rings. The van der Waals surface area contributed by atoms with E-state index in [9.17, 15) is 9.30 Å². The van der Waals surface area contributed by atoms with Crippen LogP contribution >= 0.6 is 0 Å². The summed E-state index contributed by atoms with van der Waals surface area (Å²) in [7, 11) is 0. The van der Waals surface area contributed by atoms with Crippen molar-refractivity contribution in [3.8, 4) is 5.69 Å². The molecule has 7 heteroatoms. The zero-order valence-electron chi connectivity index (χ0n) is 9.19. The summed E-state index contributed by atoms with van der Waals surface area (Å²) in [5, 5.41) is 6.07. The van der Waals surface area contributed by atoms with Crippen LogP contribution in [0.1, 0.15) is 5.56 Å². The minimum atomic E-state index is -0.513. The van der Waals surface area contributed by atoms with E-state index in [1.807, 2.05) is 0 Å². The van der Waals surface area contributed by atoms with Gasteiger partial charge in [-0.15, -0.1) is 0 Å². The molecule has 0 saturated heterocycles. The molecule has 1 aromatic heterocycles. The molecule has 1 aromatic carbocycles. The third-order valence-corrected chi connectivity index (χ3v) is 2.37. The van der Waals surface area contributed by atoms with E-state index in [4.69, 9.17) is 5.53 Å². The van der Waals surface area contributed by atoms with Crippen LogP contribution in [0.3, 0.4) is 0 Å². The highest BCUT2D eigenvalue weighted by molar-refractivity contribution is 5.46. The number of aromatic nitrogens is 1. The predicted molar refractivity (Wildman–Crippen MR) is 64.0 cm³/mol. The summed E-state index contributed by atoms with van der Waals surface area (Å²) >= 11 is 0. The van der Waals surface area contributed by atoms with Gasteiger partial charge in [-0.2, -0.15) is 4.91 Å². The number of azide groups is 1. The fourth-order valence-electron chi connectivity index (χ4n) is 1.58. The first-order chi connectivity index (χ1) is 8.74. The van der Waals surface area contributed by atoms with E-state index in [-0.39, 0.29) is 12.2 Å².